The van der Waals surface area contributed by atoms with Crippen LogP contribution in [0, 0.1) is 5.92 Å². The van der Waals surface area contributed by atoms with E-state index < -0.39 is 17.1 Å². The molecule has 0 saturated carbocycles. The highest BCUT2D eigenvalue weighted by Crippen LogP contribution is 2.53. The van der Waals surface area contributed by atoms with Gasteiger partial charge in [-0.1, -0.05) is 58.4 Å². The number of rotatable bonds is 7. The number of carbonyl (C=O) groups is 3. The maximum atomic E-state index is 13.8. The molecule has 0 radical (unpaired) electrons. The van der Waals surface area contributed by atoms with Crippen LogP contribution in [0.3, 0.4) is 0 Å². The Morgan fingerprint density at radius 1 is 0.952 bits per heavy atom. The summed E-state index contributed by atoms with van der Waals surface area (Å²) in [6.07, 6.45) is 0. The average Bonchev–Trinajstić information content (AvgIpc) is 3.48. The zero-order chi connectivity index (χ0) is 29.5. The molecule has 214 valence electrons. The topological polar surface area (TPSA) is 118 Å². The molecule has 3 aromatic carbocycles. The van der Waals surface area contributed by atoms with Crippen molar-refractivity contribution in [1.82, 2.24) is 4.98 Å². The number of fused-ring (bicyclic) bond motifs is 2. The second-order valence-electron chi connectivity index (χ2n) is 9.49. The van der Waals surface area contributed by atoms with Gasteiger partial charge in [0.25, 0.3) is 5.91 Å². The van der Waals surface area contributed by atoms with E-state index in [4.69, 9.17) is 32.7 Å². The number of amides is 3. The van der Waals surface area contributed by atoms with Crippen molar-refractivity contribution in [1.29, 1.82) is 0 Å². The van der Waals surface area contributed by atoms with E-state index in [2.05, 4.69) is 10.3 Å². The first-order valence-electron chi connectivity index (χ1n) is 12.6. The van der Waals surface area contributed by atoms with Gasteiger partial charge in [-0.15, -0.1) is 0 Å². The molecule has 0 bridgehead atoms. The van der Waals surface area contributed by atoms with Crippen molar-refractivity contribution in [2.24, 2.45) is 5.92 Å². The summed E-state index contributed by atoms with van der Waals surface area (Å²) in [5.41, 5.74) is 1.69. The molecule has 1 aromatic heterocycles. The van der Waals surface area contributed by atoms with Crippen LogP contribution in [0.25, 0.3) is 0 Å². The quantitative estimate of drug-likeness (QED) is 0.254. The average molecular weight is 643 g/mol. The summed E-state index contributed by atoms with van der Waals surface area (Å²) in [6.45, 7) is -0.252. The second kappa shape index (κ2) is 11.5. The molecule has 2 aliphatic heterocycles. The molecule has 1 fully saturated rings. The molecule has 3 amide bonds. The van der Waals surface area contributed by atoms with Crippen LogP contribution < -0.4 is 24.6 Å². The minimum Gasteiger partial charge on any atom is -0.497 e. The third-order valence-corrected chi connectivity index (χ3v) is 10.1. The van der Waals surface area contributed by atoms with Gasteiger partial charge in [0, 0.05) is 16.5 Å². The minimum absolute atomic E-state index is 0.252. The molecule has 9 nitrogen and oxygen atoms in total. The molecule has 2 N–H and O–H groups in total. The van der Waals surface area contributed by atoms with Gasteiger partial charge in [0.05, 0.1) is 33.8 Å². The van der Waals surface area contributed by atoms with Gasteiger partial charge in [-0.2, -0.15) is 0 Å². The smallest absolute Gasteiger partial charge is 0.305 e. The zero-order valence-electron chi connectivity index (χ0n) is 21.8. The predicted molar refractivity (Wildman–Crippen MR) is 162 cm³/mol. The lowest BCUT2D eigenvalue weighted by atomic mass is 9.83. The standard InChI is InChI=1S/C29H21Cl2N3O6S2/c1-39-17-9-5-16(6-10-17)34-27(36)23-22(24-26(33-29(38)42-24)41-25(23)28(34)37)14-2-7-18(8-3-14)40-13-21(35)32-15-4-11-19(30)20(31)12-15/h2-12,22-23,25H,13H2,1H3,(H,32,35)(H,33,38)/t22-,23?,25?/m1/s1. The highest BCUT2D eigenvalue weighted by molar-refractivity contribution is 8.00. The molecule has 0 aliphatic carbocycles. The summed E-state index contributed by atoms with van der Waals surface area (Å²) < 4.78 is 10.9. The van der Waals surface area contributed by atoms with Gasteiger partial charge in [-0.3, -0.25) is 19.2 Å². The van der Waals surface area contributed by atoms with Crippen LogP contribution in [0.2, 0.25) is 10.0 Å². The van der Waals surface area contributed by atoms with Crippen molar-refractivity contribution in [2.75, 3.05) is 23.9 Å². The van der Waals surface area contributed by atoms with E-state index in [9.17, 15) is 19.2 Å². The normalized spacial score (nSPS) is 19.3. The molecule has 1 saturated heterocycles. The van der Waals surface area contributed by atoms with Crippen molar-refractivity contribution < 1.29 is 23.9 Å². The van der Waals surface area contributed by atoms with Gasteiger partial charge in [0.1, 0.15) is 16.7 Å². The molecule has 3 heterocycles. The first-order valence-corrected chi connectivity index (χ1v) is 15.1. The number of thiazole rings is 1. The van der Waals surface area contributed by atoms with Crippen molar-refractivity contribution in [3.8, 4) is 11.5 Å². The lowest BCUT2D eigenvalue weighted by Gasteiger charge is -2.29. The number of hydrogen-bond acceptors (Lipinski definition) is 8. The maximum absolute atomic E-state index is 13.8. The zero-order valence-corrected chi connectivity index (χ0v) is 24.9. The van der Waals surface area contributed by atoms with E-state index in [1.807, 2.05) is 0 Å². The van der Waals surface area contributed by atoms with E-state index in [-0.39, 0.29) is 29.2 Å². The number of H-pyrrole nitrogens is 1. The number of thioether (sulfide) groups is 1. The second-order valence-corrected chi connectivity index (χ2v) is 12.5. The summed E-state index contributed by atoms with van der Waals surface area (Å²) >= 11 is 14.2. The molecule has 2 unspecified atom stereocenters. The van der Waals surface area contributed by atoms with Crippen molar-refractivity contribution in [3.05, 3.63) is 96.9 Å². The van der Waals surface area contributed by atoms with Gasteiger partial charge in [-0.25, -0.2) is 4.90 Å². The summed E-state index contributed by atoms with van der Waals surface area (Å²) in [5, 5.41) is 3.28. The van der Waals surface area contributed by atoms with E-state index in [0.717, 1.165) is 16.9 Å². The van der Waals surface area contributed by atoms with E-state index in [0.29, 0.717) is 42.8 Å². The number of nitrogens with zero attached hydrogens (tertiary/aromatic N) is 1. The largest absolute Gasteiger partial charge is 0.497 e. The van der Waals surface area contributed by atoms with Crippen LogP contribution in [-0.4, -0.2) is 41.7 Å². The Labute approximate surface area is 257 Å². The number of anilines is 2. The molecular weight excluding hydrogens is 621 g/mol. The molecule has 4 aromatic rings. The Hall–Kier alpha value is -3.77. The first kappa shape index (κ1) is 28.4. The number of halogens is 2. The molecule has 0 spiro atoms. The molecular formula is C29H21Cl2N3O6S2. The number of nitrogens with one attached hydrogen (secondary N) is 2. The Bertz CT molecular complexity index is 1760. The summed E-state index contributed by atoms with van der Waals surface area (Å²) in [5.74, 6) is -1.26. The van der Waals surface area contributed by atoms with Crippen molar-refractivity contribution in [3.63, 3.8) is 0 Å². The molecule has 13 heteroatoms. The van der Waals surface area contributed by atoms with Gasteiger partial charge in [0.15, 0.2) is 6.61 Å². The summed E-state index contributed by atoms with van der Waals surface area (Å²) in [6, 6.07) is 18.4. The van der Waals surface area contributed by atoms with Crippen LogP contribution >= 0.6 is 46.3 Å². The number of ether oxygens (including phenoxy) is 2. The van der Waals surface area contributed by atoms with Gasteiger partial charge >= 0.3 is 4.87 Å². The van der Waals surface area contributed by atoms with Crippen LogP contribution in [0.5, 0.6) is 11.5 Å². The predicted octanol–water partition coefficient (Wildman–Crippen LogP) is 5.57. The number of methoxy groups -OCH3 is 1. The Balaban J connectivity index is 1.23. The molecule has 3 atom stereocenters. The third-order valence-electron chi connectivity index (χ3n) is 6.97. The fourth-order valence-corrected chi connectivity index (χ4v) is 7.87. The molecule has 2 aliphatic rings. The van der Waals surface area contributed by atoms with Gasteiger partial charge in [0.2, 0.25) is 11.8 Å². The fraction of sp³-hybridized carbons (Fsp3) is 0.172. The Morgan fingerprint density at radius 3 is 2.36 bits per heavy atom. The monoisotopic (exact) mass is 641 g/mol. The van der Waals surface area contributed by atoms with Crippen LogP contribution in [0.4, 0.5) is 11.4 Å². The van der Waals surface area contributed by atoms with Crippen molar-refractivity contribution >= 4 is 75.4 Å². The number of carbonyl (C=O) groups excluding carboxylic acids is 3. The number of aromatic amines is 1. The number of benzene rings is 3. The highest BCUT2D eigenvalue weighted by Gasteiger charge is 2.56. The third kappa shape index (κ3) is 5.29. The summed E-state index contributed by atoms with van der Waals surface area (Å²) in [7, 11) is 1.54. The van der Waals surface area contributed by atoms with E-state index in [1.165, 1.54) is 16.7 Å². The van der Waals surface area contributed by atoms with E-state index >= 15 is 0 Å². The van der Waals surface area contributed by atoms with Crippen molar-refractivity contribution in [2.45, 2.75) is 16.2 Å². The van der Waals surface area contributed by atoms with Crippen LogP contribution in [0.15, 0.2) is 76.6 Å². The lowest BCUT2D eigenvalue weighted by molar-refractivity contribution is -0.122. The Morgan fingerprint density at radius 2 is 1.67 bits per heavy atom. The number of imide groups is 1. The van der Waals surface area contributed by atoms with Gasteiger partial charge in [-0.05, 0) is 60.2 Å². The minimum atomic E-state index is -0.715. The van der Waals surface area contributed by atoms with Crippen LogP contribution in [0.1, 0.15) is 16.4 Å². The Kier molecular flexibility index (Phi) is 7.75. The fourth-order valence-electron chi connectivity index (χ4n) is 5.05. The number of hydrogen-bond donors (Lipinski definition) is 2. The van der Waals surface area contributed by atoms with E-state index in [1.54, 1.807) is 73.8 Å². The summed E-state index contributed by atoms with van der Waals surface area (Å²) in [4.78, 5) is 56.6. The maximum Gasteiger partial charge on any atom is 0.305 e. The first-order chi connectivity index (χ1) is 20.2. The lowest BCUT2D eigenvalue weighted by Crippen LogP contribution is -2.32. The molecule has 42 heavy (non-hydrogen) atoms. The SMILES string of the molecule is COc1ccc(N2C(=O)C3Sc4[nH]c(=O)sc4[C@H](c4ccc(OCC(=O)Nc5ccc(Cl)c(Cl)c5)cc4)C3C2=O)cc1. The highest BCUT2D eigenvalue weighted by atomic mass is 35.5. The molecule has 6 rings (SSSR count). The van der Waals surface area contributed by atoms with Crippen LogP contribution in [-0.2, 0) is 14.4 Å². The number of aromatic nitrogens is 1. The van der Waals surface area contributed by atoms with Gasteiger partial charge < -0.3 is 19.8 Å².